The molecule has 438 valence electrons. The van der Waals surface area contributed by atoms with E-state index in [-0.39, 0.29) is 0 Å². The molecule has 0 aliphatic rings. The topological polar surface area (TPSA) is 38.7 Å². The highest BCUT2D eigenvalue weighted by atomic mass is 15.2. The van der Waals surface area contributed by atoms with Crippen molar-refractivity contribution in [2.75, 3.05) is 33.2 Å². The van der Waals surface area contributed by atoms with Crippen LogP contribution in [-0.2, 0) is 6.42 Å². The number of rotatable bonds is 19. The van der Waals surface area contributed by atoms with Crippen molar-refractivity contribution in [1.29, 1.82) is 0 Å². The average Bonchev–Trinajstić information content (AvgIpc) is 2.71. The Morgan fingerprint density at radius 1 is 0.371 bits per heavy atom. The van der Waals surface area contributed by atoms with Crippen molar-refractivity contribution in [2.45, 2.75) is 34.1 Å². The molecule has 89 heavy (non-hydrogen) atoms. The Hall–Kier alpha value is -11.1. The van der Waals surface area contributed by atoms with E-state index in [2.05, 4.69) is 345 Å². The van der Waals surface area contributed by atoms with Gasteiger partial charge in [-0.25, -0.2) is 9.97 Å². The van der Waals surface area contributed by atoms with Crippen LogP contribution in [0.4, 0.5) is 56.9 Å². The van der Waals surface area contributed by atoms with E-state index in [9.17, 15) is 0 Å². The number of hydrogen-bond donors (Lipinski definition) is 0. The van der Waals surface area contributed by atoms with Crippen molar-refractivity contribution in [1.82, 2.24) is 9.97 Å². The SMILES string of the molecule is C=CC.C=CCc1ccccc1N(CC=C)c1ccc(N(c2ccccc2)c2ccc(-c3nc4cccc(-c5ccc(-c6ccccc6)cc5)c4nc3-c3ccc(N(c4ccccc4)c4ccc(N(C)c5ccccc5/C=C/C)cc4)cc3)cc2)cc1.CC. The molecule has 0 bridgehead atoms. The Kier molecular flexibility index (Phi) is 20.5. The van der Waals surface area contributed by atoms with Gasteiger partial charge in [-0.15, -0.1) is 19.7 Å². The maximum Gasteiger partial charge on any atom is 0.0973 e. The van der Waals surface area contributed by atoms with Gasteiger partial charge in [0.05, 0.1) is 22.4 Å². The first-order valence-electron chi connectivity index (χ1n) is 30.6. The molecule has 1 aromatic heterocycles. The molecular formula is C83H76N6. The minimum atomic E-state index is 0.664. The molecule has 0 radical (unpaired) electrons. The number of fused-ring (bicyclic) bond motifs is 1. The smallest absolute Gasteiger partial charge is 0.0973 e. The first-order valence-corrected chi connectivity index (χ1v) is 30.6. The predicted octanol–water partition coefficient (Wildman–Crippen LogP) is 23.3. The molecule has 6 nitrogen and oxygen atoms in total. The van der Waals surface area contributed by atoms with E-state index in [4.69, 9.17) is 9.97 Å². The largest absolute Gasteiger partial charge is 0.344 e. The lowest BCUT2D eigenvalue weighted by Crippen LogP contribution is -2.18. The summed E-state index contributed by atoms with van der Waals surface area (Å²) in [6, 6.07) is 98.8. The van der Waals surface area contributed by atoms with Gasteiger partial charge < -0.3 is 19.6 Å². The summed E-state index contributed by atoms with van der Waals surface area (Å²) < 4.78 is 0. The van der Waals surface area contributed by atoms with Crippen LogP contribution < -0.4 is 19.6 Å². The average molecular weight is 1160 g/mol. The first kappa shape index (κ1) is 61.0. The Morgan fingerprint density at radius 2 is 0.787 bits per heavy atom. The number of para-hydroxylation sites is 5. The van der Waals surface area contributed by atoms with E-state index in [1.54, 1.807) is 6.08 Å². The zero-order valence-corrected chi connectivity index (χ0v) is 51.7. The van der Waals surface area contributed by atoms with Gasteiger partial charge in [0, 0.05) is 87.2 Å². The van der Waals surface area contributed by atoms with Gasteiger partial charge in [0.25, 0.3) is 0 Å². The first-order chi connectivity index (χ1) is 43.9. The molecule has 0 aliphatic carbocycles. The Balaban J connectivity index is 0.00000170. The highest BCUT2D eigenvalue weighted by Crippen LogP contribution is 2.42. The zero-order valence-electron chi connectivity index (χ0n) is 51.7. The molecule has 12 aromatic rings. The van der Waals surface area contributed by atoms with Gasteiger partial charge in [0.15, 0.2) is 0 Å². The van der Waals surface area contributed by atoms with E-state index >= 15 is 0 Å². The molecule has 0 unspecified atom stereocenters. The predicted molar refractivity (Wildman–Crippen MR) is 385 cm³/mol. The van der Waals surface area contributed by atoms with Crippen molar-refractivity contribution in [3.8, 4) is 44.8 Å². The second-order valence-corrected chi connectivity index (χ2v) is 21.1. The fourth-order valence-electron chi connectivity index (χ4n) is 11.2. The lowest BCUT2D eigenvalue weighted by molar-refractivity contribution is 1.07. The molecule has 0 N–H and O–H groups in total. The number of aromatic nitrogens is 2. The van der Waals surface area contributed by atoms with Crippen LogP contribution in [0.3, 0.4) is 0 Å². The molecule has 0 spiro atoms. The van der Waals surface area contributed by atoms with E-state index in [1.807, 2.05) is 32.9 Å². The summed E-state index contributed by atoms with van der Waals surface area (Å²) in [4.78, 5) is 20.4. The maximum absolute atomic E-state index is 5.65. The molecule has 0 atom stereocenters. The third kappa shape index (κ3) is 14.0. The molecule has 0 aliphatic heterocycles. The lowest BCUT2D eigenvalue weighted by Gasteiger charge is -2.28. The van der Waals surface area contributed by atoms with Gasteiger partial charge in [-0.05, 0) is 163 Å². The summed E-state index contributed by atoms with van der Waals surface area (Å²) in [5.41, 5.74) is 22.6. The van der Waals surface area contributed by atoms with Gasteiger partial charge in [0.2, 0.25) is 0 Å². The maximum atomic E-state index is 5.65. The van der Waals surface area contributed by atoms with E-state index in [0.29, 0.717) is 6.54 Å². The summed E-state index contributed by atoms with van der Waals surface area (Å²) in [5.74, 6) is 0. The summed E-state index contributed by atoms with van der Waals surface area (Å²) in [5, 5.41) is 0. The van der Waals surface area contributed by atoms with Crippen LogP contribution in [0, 0.1) is 0 Å². The summed E-state index contributed by atoms with van der Waals surface area (Å²) in [6.45, 7) is 20.1. The highest BCUT2D eigenvalue weighted by Gasteiger charge is 2.21. The molecular weight excluding hydrogens is 1080 g/mol. The van der Waals surface area contributed by atoms with Crippen LogP contribution in [0.1, 0.15) is 38.8 Å². The number of hydrogen-bond acceptors (Lipinski definition) is 6. The van der Waals surface area contributed by atoms with E-state index in [0.717, 1.165) is 114 Å². The zero-order chi connectivity index (χ0) is 61.9. The molecule has 0 saturated heterocycles. The number of anilines is 10. The fraction of sp³-hybridized carbons (Fsp3) is 0.0843. The Labute approximate surface area is 527 Å². The van der Waals surface area contributed by atoms with Gasteiger partial charge >= 0.3 is 0 Å². The Morgan fingerprint density at radius 3 is 1.31 bits per heavy atom. The quantitative estimate of drug-likeness (QED) is 0.0752. The van der Waals surface area contributed by atoms with Crippen LogP contribution in [0.25, 0.3) is 61.9 Å². The van der Waals surface area contributed by atoms with Crippen molar-refractivity contribution in [3.05, 3.63) is 334 Å². The fourth-order valence-corrected chi connectivity index (χ4v) is 11.2. The van der Waals surface area contributed by atoms with Crippen LogP contribution in [0.2, 0.25) is 0 Å². The van der Waals surface area contributed by atoms with E-state index < -0.39 is 0 Å². The van der Waals surface area contributed by atoms with Gasteiger partial charge in [-0.2, -0.15) is 0 Å². The van der Waals surface area contributed by atoms with E-state index in [1.165, 1.54) is 16.7 Å². The monoisotopic (exact) mass is 1160 g/mol. The number of benzene rings is 11. The van der Waals surface area contributed by atoms with Gasteiger partial charge in [-0.1, -0.05) is 208 Å². The molecule has 11 aromatic carbocycles. The lowest BCUT2D eigenvalue weighted by atomic mass is 9.98. The van der Waals surface area contributed by atoms with Crippen molar-refractivity contribution < 1.29 is 0 Å². The molecule has 6 heteroatoms. The van der Waals surface area contributed by atoms with Crippen molar-refractivity contribution >= 4 is 74.0 Å². The third-order valence-corrected chi connectivity index (χ3v) is 15.3. The number of allylic oxidation sites excluding steroid dienone is 3. The molecule has 12 rings (SSSR count). The van der Waals surface area contributed by atoms with Crippen molar-refractivity contribution in [3.63, 3.8) is 0 Å². The van der Waals surface area contributed by atoms with Gasteiger partial charge in [0.1, 0.15) is 0 Å². The second kappa shape index (κ2) is 29.8. The van der Waals surface area contributed by atoms with Crippen molar-refractivity contribution in [2.24, 2.45) is 0 Å². The summed E-state index contributed by atoms with van der Waals surface area (Å²) in [7, 11) is 2.12. The summed E-state index contributed by atoms with van der Waals surface area (Å²) >= 11 is 0. The van der Waals surface area contributed by atoms with Crippen LogP contribution in [-0.4, -0.2) is 23.6 Å². The van der Waals surface area contributed by atoms with Crippen LogP contribution in [0.5, 0.6) is 0 Å². The van der Waals surface area contributed by atoms with Crippen LogP contribution >= 0.6 is 0 Å². The molecule has 1 heterocycles. The minimum Gasteiger partial charge on any atom is -0.344 e. The minimum absolute atomic E-state index is 0.664. The normalized spacial score (nSPS) is 10.7. The molecule has 0 saturated carbocycles. The second-order valence-electron chi connectivity index (χ2n) is 21.1. The summed E-state index contributed by atoms with van der Waals surface area (Å²) in [6.07, 6.45) is 10.7. The Bertz CT molecular complexity index is 4270. The molecule has 0 amide bonds. The highest BCUT2D eigenvalue weighted by molar-refractivity contribution is 5.96. The van der Waals surface area contributed by atoms with Crippen LogP contribution in [0.15, 0.2) is 323 Å². The molecule has 0 fully saturated rings. The third-order valence-electron chi connectivity index (χ3n) is 15.3. The number of nitrogens with zero attached hydrogens (tertiary/aromatic N) is 6. The standard InChI is InChI=1S/C78H64N6.C3H6.C2H6/c1-5-22-60-26-17-19-34-74(60)81(4)64-48-52-70(53-49-64)83(66-28-13-9-14-29-66)69-46-42-63(43-47-69)77-76(79-73-33-21-32-72(78(73)80-77)59-38-36-58(37-39-59)57-24-11-8-12-25-57)62-40-44-68(45-41-62)84(67-30-15-10-16-31-67)71-54-50-65(51-55-71)82(56-7-3)75-35-20-18-27-61(75)23-6-2;1-3-2;1-2/h5-22,24-55H,2-3,23,56H2,1,4H3;3H,1H2,2H3;1-2H3/b22-5+;;. The van der Waals surface area contributed by atoms with Gasteiger partial charge in [-0.3, -0.25) is 0 Å².